The number of halogens is 3. The van der Waals surface area contributed by atoms with Gasteiger partial charge in [0.25, 0.3) is 0 Å². The van der Waals surface area contributed by atoms with Crippen LogP contribution in [0.4, 0.5) is 18.9 Å². The zero-order valence-corrected chi connectivity index (χ0v) is 16.4. The number of alkyl halides is 3. The maximum absolute atomic E-state index is 13.1. The van der Waals surface area contributed by atoms with Gasteiger partial charge in [-0.1, -0.05) is 42.1 Å². The van der Waals surface area contributed by atoms with E-state index in [1.165, 1.54) is 30.0 Å². The summed E-state index contributed by atoms with van der Waals surface area (Å²) in [6.07, 6.45) is -4.53. The van der Waals surface area contributed by atoms with Gasteiger partial charge in [-0.3, -0.25) is 4.79 Å². The lowest BCUT2D eigenvalue weighted by molar-refractivity contribution is -0.137. The second-order valence-electron chi connectivity index (χ2n) is 6.54. The van der Waals surface area contributed by atoms with Crippen molar-refractivity contribution in [2.75, 3.05) is 5.32 Å². The summed E-state index contributed by atoms with van der Waals surface area (Å²) in [5.74, 6) is -0.508. The first-order valence-electron chi connectivity index (χ1n) is 8.67. The van der Waals surface area contributed by atoms with Crippen molar-refractivity contribution in [1.82, 2.24) is 4.98 Å². The summed E-state index contributed by atoms with van der Waals surface area (Å²) in [6.45, 7) is 5.58. The van der Waals surface area contributed by atoms with Gasteiger partial charge < -0.3 is 5.32 Å². The largest absolute Gasteiger partial charge is 0.418 e. The van der Waals surface area contributed by atoms with Gasteiger partial charge in [0, 0.05) is 5.39 Å². The number of hydrogen-bond donors (Lipinski definition) is 1. The summed E-state index contributed by atoms with van der Waals surface area (Å²) in [6, 6.07) is 12.8. The van der Waals surface area contributed by atoms with Gasteiger partial charge in [0.05, 0.1) is 27.0 Å². The molecule has 1 aromatic heterocycles. The smallest absolute Gasteiger partial charge is 0.325 e. The van der Waals surface area contributed by atoms with Crippen LogP contribution in [0.25, 0.3) is 10.9 Å². The number of nitrogens with zero attached hydrogens (tertiary/aromatic N) is 1. The Morgan fingerprint density at radius 3 is 2.50 bits per heavy atom. The van der Waals surface area contributed by atoms with Gasteiger partial charge in [0.2, 0.25) is 5.91 Å². The van der Waals surface area contributed by atoms with E-state index in [0.29, 0.717) is 5.03 Å². The van der Waals surface area contributed by atoms with E-state index < -0.39 is 22.9 Å². The van der Waals surface area contributed by atoms with Crippen LogP contribution in [0.2, 0.25) is 0 Å². The molecule has 0 aliphatic carbocycles. The normalized spacial score (nSPS) is 12.8. The van der Waals surface area contributed by atoms with Gasteiger partial charge in [-0.15, -0.1) is 0 Å². The molecule has 146 valence electrons. The van der Waals surface area contributed by atoms with Crippen molar-refractivity contribution in [3.8, 4) is 0 Å². The van der Waals surface area contributed by atoms with Crippen LogP contribution in [0.3, 0.4) is 0 Å². The molecule has 0 radical (unpaired) electrons. The summed E-state index contributed by atoms with van der Waals surface area (Å²) < 4.78 is 39.3. The van der Waals surface area contributed by atoms with Gasteiger partial charge >= 0.3 is 6.18 Å². The molecule has 0 bridgehead atoms. The van der Waals surface area contributed by atoms with Crippen molar-refractivity contribution in [3.63, 3.8) is 0 Å². The molecule has 1 heterocycles. The number of benzene rings is 2. The average Bonchev–Trinajstić information content (AvgIpc) is 2.62. The Balaban J connectivity index is 1.81. The summed E-state index contributed by atoms with van der Waals surface area (Å²) >= 11 is 1.22. The lowest BCUT2D eigenvalue weighted by Gasteiger charge is -2.16. The number of carbonyl (C=O) groups excluding carboxylic acids is 1. The van der Waals surface area contributed by atoms with Gasteiger partial charge in [0.1, 0.15) is 0 Å². The Morgan fingerprint density at radius 1 is 1.07 bits per heavy atom. The fourth-order valence-electron chi connectivity index (χ4n) is 2.90. The Labute approximate surface area is 165 Å². The lowest BCUT2D eigenvalue weighted by atomic mass is 10.1. The van der Waals surface area contributed by atoms with E-state index in [1.54, 1.807) is 6.92 Å². The minimum atomic E-state index is -4.53. The topological polar surface area (TPSA) is 42.0 Å². The summed E-state index contributed by atoms with van der Waals surface area (Å²) in [4.78, 5) is 17.1. The fraction of sp³-hybridized carbons (Fsp3) is 0.238. The zero-order chi connectivity index (χ0) is 20.5. The van der Waals surface area contributed by atoms with Crippen molar-refractivity contribution >= 4 is 34.3 Å². The molecule has 1 N–H and O–H groups in total. The maximum Gasteiger partial charge on any atom is 0.418 e. The highest BCUT2D eigenvalue weighted by Crippen LogP contribution is 2.35. The third kappa shape index (κ3) is 4.30. The minimum absolute atomic E-state index is 0.244. The number of para-hydroxylation sites is 2. The van der Waals surface area contributed by atoms with E-state index in [-0.39, 0.29) is 5.69 Å². The molecule has 1 amide bonds. The van der Waals surface area contributed by atoms with Crippen LogP contribution in [-0.4, -0.2) is 16.1 Å². The van der Waals surface area contributed by atoms with E-state index in [9.17, 15) is 18.0 Å². The molecule has 0 saturated heterocycles. The predicted octanol–water partition coefficient (Wildman–Crippen LogP) is 5.99. The second-order valence-corrected chi connectivity index (χ2v) is 7.90. The molecule has 0 aliphatic rings. The second kappa shape index (κ2) is 7.83. The zero-order valence-electron chi connectivity index (χ0n) is 15.6. The van der Waals surface area contributed by atoms with Crippen LogP contribution in [0.5, 0.6) is 0 Å². The number of carbonyl (C=O) groups is 1. The molecule has 3 rings (SSSR count). The molecule has 3 nitrogen and oxygen atoms in total. The Hall–Kier alpha value is -2.54. The predicted molar refractivity (Wildman–Crippen MR) is 107 cm³/mol. The van der Waals surface area contributed by atoms with Crippen molar-refractivity contribution in [2.45, 2.75) is 37.2 Å². The number of nitrogens with one attached hydrogen (secondary N) is 1. The van der Waals surface area contributed by atoms with Crippen molar-refractivity contribution in [1.29, 1.82) is 0 Å². The van der Waals surface area contributed by atoms with Gasteiger partial charge in [-0.05, 0) is 50.1 Å². The van der Waals surface area contributed by atoms with Crippen LogP contribution in [0.15, 0.2) is 53.6 Å². The number of aryl methyl sites for hydroxylation is 2. The van der Waals surface area contributed by atoms with E-state index in [2.05, 4.69) is 10.3 Å². The summed E-state index contributed by atoms with van der Waals surface area (Å²) in [5, 5.41) is 3.48. The van der Waals surface area contributed by atoms with Gasteiger partial charge in [-0.25, -0.2) is 4.98 Å². The number of thioether (sulfide) groups is 1. The van der Waals surface area contributed by atoms with Gasteiger partial charge in [-0.2, -0.15) is 13.2 Å². The molecule has 0 fully saturated rings. The van der Waals surface area contributed by atoms with Crippen LogP contribution in [-0.2, 0) is 11.0 Å². The molecule has 2 aromatic carbocycles. The molecule has 0 spiro atoms. The van der Waals surface area contributed by atoms with Crippen molar-refractivity contribution in [3.05, 3.63) is 65.2 Å². The van der Waals surface area contributed by atoms with Crippen molar-refractivity contribution in [2.24, 2.45) is 0 Å². The molecule has 0 unspecified atom stereocenters. The van der Waals surface area contributed by atoms with Crippen LogP contribution >= 0.6 is 11.8 Å². The quantitative estimate of drug-likeness (QED) is 0.543. The standard InChI is InChI=1S/C21H19F3N2OS/c1-12-7-6-8-15-13(2)11-18(26-19(12)15)28-14(3)20(27)25-17-10-5-4-9-16(17)21(22,23)24/h4-11,14H,1-3H3,(H,25,27)/t14-/m1/s1. The highest BCUT2D eigenvalue weighted by molar-refractivity contribution is 8.00. The Morgan fingerprint density at radius 2 is 1.79 bits per heavy atom. The average molecular weight is 404 g/mol. The number of hydrogen-bond acceptors (Lipinski definition) is 3. The number of rotatable bonds is 4. The number of amides is 1. The van der Waals surface area contributed by atoms with Crippen LogP contribution in [0.1, 0.15) is 23.6 Å². The van der Waals surface area contributed by atoms with E-state index in [1.807, 2.05) is 38.1 Å². The first-order chi connectivity index (χ1) is 13.2. The summed E-state index contributed by atoms with van der Waals surface area (Å²) in [5.41, 5.74) is 1.81. The van der Waals surface area contributed by atoms with Crippen LogP contribution < -0.4 is 5.32 Å². The van der Waals surface area contributed by atoms with Gasteiger partial charge in [0.15, 0.2) is 0 Å². The number of fused-ring (bicyclic) bond motifs is 1. The molecule has 0 saturated carbocycles. The SMILES string of the molecule is Cc1cc(S[C@H](C)C(=O)Nc2ccccc2C(F)(F)F)nc2c(C)cccc12. The molecule has 7 heteroatoms. The first kappa shape index (κ1) is 20.2. The van der Waals surface area contributed by atoms with E-state index >= 15 is 0 Å². The maximum atomic E-state index is 13.1. The van der Waals surface area contributed by atoms with E-state index in [4.69, 9.17) is 0 Å². The third-order valence-corrected chi connectivity index (χ3v) is 5.40. The number of pyridine rings is 1. The number of aromatic nitrogens is 1. The monoisotopic (exact) mass is 404 g/mol. The molecule has 0 aliphatic heterocycles. The molecule has 1 atom stereocenters. The van der Waals surface area contributed by atoms with E-state index in [0.717, 1.165) is 28.1 Å². The van der Waals surface area contributed by atoms with Crippen LogP contribution in [0, 0.1) is 13.8 Å². The third-order valence-electron chi connectivity index (χ3n) is 4.38. The molecule has 28 heavy (non-hydrogen) atoms. The highest BCUT2D eigenvalue weighted by atomic mass is 32.2. The molecular formula is C21H19F3N2OS. The molecule has 3 aromatic rings. The van der Waals surface area contributed by atoms with Crippen molar-refractivity contribution < 1.29 is 18.0 Å². The first-order valence-corrected chi connectivity index (χ1v) is 9.55. The molecular weight excluding hydrogens is 385 g/mol. The number of anilines is 1. The minimum Gasteiger partial charge on any atom is -0.325 e. The Kier molecular flexibility index (Phi) is 5.65. The fourth-order valence-corrected chi connectivity index (χ4v) is 3.82. The highest BCUT2D eigenvalue weighted by Gasteiger charge is 2.34. The Bertz CT molecular complexity index is 1030. The summed E-state index contributed by atoms with van der Waals surface area (Å²) in [7, 11) is 0. The lowest BCUT2D eigenvalue weighted by Crippen LogP contribution is -2.24.